The van der Waals surface area contributed by atoms with E-state index in [4.69, 9.17) is 5.73 Å². The van der Waals surface area contributed by atoms with Gasteiger partial charge in [-0.3, -0.25) is 4.79 Å². The molecule has 6 heteroatoms. The van der Waals surface area contributed by atoms with Crippen LogP contribution in [-0.2, 0) is 4.79 Å². The lowest BCUT2D eigenvalue weighted by atomic mass is 10.1. The summed E-state index contributed by atoms with van der Waals surface area (Å²) in [5, 5.41) is 8.27. The van der Waals surface area contributed by atoms with Crippen LogP contribution in [0, 0.1) is 0 Å². The maximum Gasteiger partial charge on any atom is 0.316 e. The molecule has 0 aliphatic rings. The molecular weight excluding hydrogens is 244 g/mol. The minimum atomic E-state index is -0.641. The standard InChI is InChI=1S/C13H20N4O2/c1-13(2,3)15-8-11(18)16-9-5-4-6-10(7-9)17-12(14)19/h4-7,15H,8H2,1-3H3,(H,16,18)(H3,14,17,19). The van der Waals surface area contributed by atoms with Crippen molar-refractivity contribution >= 4 is 23.3 Å². The molecule has 1 aromatic carbocycles. The minimum Gasteiger partial charge on any atom is -0.351 e. The predicted octanol–water partition coefficient (Wildman–Crippen LogP) is 1.50. The van der Waals surface area contributed by atoms with Crippen molar-refractivity contribution in [3.8, 4) is 0 Å². The van der Waals surface area contributed by atoms with Crippen molar-refractivity contribution in [3.05, 3.63) is 24.3 Å². The van der Waals surface area contributed by atoms with Gasteiger partial charge in [0.2, 0.25) is 5.91 Å². The Morgan fingerprint density at radius 1 is 1.16 bits per heavy atom. The Kier molecular flexibility index (Phi) is 4.88. The first-order valence-corrected chi connectivity index (χ1v) is 5.98. The second-order valence-electron chi connectivity index (χ2n) is 5.22. The highest BCUT2D eigenvalue weighted by atomic mass is 16.2. The molecule has 19 heavy (non-hydrogen) atoms. The molecule has 0 saturated heterocycles. The number of benzene rings is 1. The zero-order valence-corrected chi connectivity index (χ0v) is 11.4. The smallest absolute Gasteiger partial charge is 0.316 e. The van der Waals surface area contributed by atoms with Crippen LogP contribution in [0.25, 0.3) is 0 Å². The quantitative estimate of drug-likeness (QED) is 0.663. The van der Waals surface area contributed by atoms with Gasteiger partial charge < -0.3 is 21.7 Å². The molecule has 0 aliphatic carbocycles. The van der Waals surface area contributed by atoms with Crippen LogP contribution in [0.15, 0.2) is 24.3 Å². The van der Waals surface area contributed by atoms with Gasteiger partial charge in [-0.25, -0.2) is 4.79 Å². The van der Waals surface area contributed by atoms with Gasteiger partial charge in [-0.05, 0) is 39.0 Å². The summed E-state index contributed by atoms with van der Waals surface area (Å²) in [5.74, 6) is -0.147. The van der Waals surface area contributed by atoms with Crippen LogP contribution in [0.5, 0.6) is 0 Å². The third-order valence-corrected chi connectivity index (χ3v) is 2.19. The van der Waals surface area contributed by atoms with E-state index in [0.717, 1.165) is 0 Å². The lowest BCUT2D eigenvalue weighted by molar-refractivity contribution is -0.115. The van der Waals surface area contributed by atoms with Crippen LogP contribution >= 0.6 is 0 Å². The highest BCUT2D eigenvalue weighted by Gasteiger charge is 2.11. The van der Waals surface area contributed by atoms with Crippen molar-refractivity contribution in [2.24, 2.45) is 5.73 Å². The summed E-state index contributed by atoms with van der Waals surface area (Å²) in [5.41, 5.74) is 6.05. The Morgan fingerprint density at radius 3 is 2.26 bits per heavy atom. The van der Waals surface area contributed by atoms with Crippen molar-refractivity contribution in [1.82, 2.24) is 5.32 Å². The van der Waals surface area contributed by atoms with Crippen LogP contribution in [0.2, 0.25) is 0 Å². The molecule has 0 aromatic heterocycles. The lowest BCUT2D eigenvalue weighted by Crippen LogP contribution is -2.41. The van der Waals surface area contributed by atoms with E-state index < -0.39 is 6.03 Å². The van der Waals surface area contributed by atoms with Gasteiger partial charge in [0.1, 0.15) is 0 Å². The SMILES string of the molecule is CC(C)(C)NCC(=O)Nc1cccc(NC(N)=O)c1. The molecule has 0 spiro atoms. The number of primary amides is 1. The third kappa shape index (κ3) is 6.42. The first-order chi connectivity index (χ1) is 8.76. The first kappa shape index (κ1) is 15.0. The molecule has 0 saturated carbocycles. The fraction of sp³-hybridized carbons (Fsp3) is 0.385. The van der Waals surface area contributed by atoms with Gasteiger partial charge in [-0.2, -0.15) is 0 Å². The predicted molar refractivity (Wildman–Crippen MR) is 76.0 cm³/mol. The summed E-state index contributed by atoms with van der Waals surface area (Å²) in [4.78, 5) is 22.4. The van der Waals surface area contributed by atoms with E-state index in [2.05, 4.69) is 16.0 Å². The highest BCUT2D eigenvalue weighted by Crippen LogP contribution is 2.14. The molecule has 0 radical (unpaired) electrons. The van der Waals surface area contributed by atoms with E-state index in [1.807, 2.05) is 20.8 Å². The average molecular weight is 264 g/mol. The Labute approximate surface area is 112 Å². The fourth-order valence-electron chi connectivity index (χ4n) is 1.37. The van der Waals surface area contributed by atoms with Crippen molar-refractivity contribution in [2.75, 3.05) is 17.2 Å². The number of carbonyl (C=O) groups excluding carboxylic acids is 2. The summed E-state index contributed by atoms with van der Waals surface area (Å²) >= 11 is 0. The topological polar surface area (TPSA) is 96.2 Å². The number of nitrogens with two attached hydrogens (primary N) is 1. The normalized spacial score (nSPS) is 10.9. The summed E-state index contributed by atoms with van der Waals surface area (Å²) in [6, 6.07) is 6.14. The van der Waals surface area contributed by atoms with Gasteiger partial charge in [-0.15, -0.1) is 0 Å². The zero-order chi connectivity index (χ0) is 14.5. The molecule has 0 heterocycles. The molecule has 104 valence electrons. The third-order valence-electron chi connectivity index (χ3n) is 2.19. The summed E-state index contributed by atoms with van der Waals surface area (Å²) in [7, 11) is 0. The maximum atomic E-state index is 11.7. The number of amides is 3. The molecule has 3 amide bonds. The Bertz CT molecular complexity index is 466. The molecule has 1 aromatic rings. The molecule has 0 bridgehead atoms. The number of anilines is 2. The molecule has 0 unspecified atom stereocenters. The van der Waals surface area contributed by atoms with Crippen molar-refractivity contribution in [1.29, 1.82) is 0 Å². The van der Waals surface area contributed by atoms with Crippen LogP contribution in [-0.4, -0.2) is 24.0 Å². The van der Waals surface area contributed by atoms with Crippen LogP contribution in [0.3, 0.4) is 0 Å². The maximum absolute atomic E-state index is 11.7. The molecule has 1 rings (SSSR count). The minimum absolute atomic E-state index is 0.118. The van der Waals surface area contributed by atoms with E-state index >= 15 is 0 Å². The first-order valence-electron chi connectivity index (χ1n) is 5.98. The Balaban J connectivity index is 2.57. The Morgan fingerprint density at radius 2 is 1.74 bits per heavy atom. The number of carbonyl (C=O) groups is 2. The van der Waals surface area contributed by atoms with E-state index in [9.17, 15) is 9.59 Å². The molecule has 0 fully saturated rings. The molecular formula is C13H20N4O2. The van der Waals surface area contributed by atoms with Gasteiger partial charge in [-0.1, -0.05) is 6.07 Å². The molecule has 5 N–H and O–H groups in total. The summed E-state index contributed by atoms with van der Waals surface area (Å²) in [6.07, 6.45) is 0. The van der Waals surface area contributed by atoms with Crippen LogP contribution in [0.1, 0.15) is 20.8 Å². The Hall–Kier alpha value is -2.08. The number of urea groups is 1. The summed E-state index contributed by atoms with van der Waals surface area (Å²) < 4.78 is 0. The van der Waals surface area contributed by atoms with Crippen LogP contribution < -0.4 is 21.7 Å². The molecule has 6 nitrogen and oxygen atoms in total. The number of nitrogens with one attached hydrogen (secondary N) is 3. The van der Waals surface area contributed by atoms with Crippen molar-refractivity contribution in [3.63, 3.8) is 0 Å². The highest BCUT2D eigenvalue weighted by molar-refractivity contribution is 5.94. The van der Waals surface area contributed by atoms with Gasteiger partial charge in [0.25, 0.3) is 0 Å². The van der Waals surface area contributed by atoms with E-state index in [0.29, 0.717) is 11.4 Å². The largest absolute Gasteiger partial charge is 0.351 e. The average Bonchev–Trinajstić information content (AvgIpc) is 2.25. The monoisotopic (exact) mass is 264 g/mol. The van der Waals surface area contributed by atoms with E-state index in [1.165, 1.54) is 0 Å². The van der Waals surface area contributed by atoms with Gasteiger partial charge >= 0.3 is 6.03 Å². The number of hydrogen-bond acceptors (Lipinski definition) is 3. The van der Waals surface area contributed by atoms with Crippen LogP contribution in [0.4, 0.5) is 16.2 Å². The van der Waals surface area contributed by atoms with Crippen molar-refractivity contribution < 1.29 is 9.59 Å². The van der Waals surface area contributed by atoms with Gasteiger partial charge in [0.05, 0.1) is 6.54 Å². The second-order valence-corrected chi connectivity index (χ2v) is 5.22. The summed E-state index contributed by atoms with van der Waals surface area (Å²) in [6.45, 7) is 6.17. The lowest BCUT2D eigenvalue weighted by Gasteiger charge is -2.20. The van der Waals surface area contributed by atoms with E-state index in [-0.39, 0.29) is 18.0 Å². The molecule has 0 atom stereocenters. The van der Waals surface area contributed by atoms with E-state index in [1.54, 1.807) is 24.3 Å². The molecule has 0 aliphatic heterocycles. The van der Waals surface area contributed by atoms with Gasteiger partial charge in [0, 0.05) is 16.9 Å². The fourth-order valence-corrected chi connectivity index (χ4v) is 1.37. The van der Waals surface area contributed by atoms with Gasteiger partial charge in [0.15, 0.2) is 0 Å². The number of rotatable bonds is 4. The second kappa shape index (κ2) is 6.19. The number of hydrogen-bond donors (Lipinski definition) is 4. The zero-order valence-electron chi connectivity index (χ0n) is 11.4. The van der Waals surface area contributed by atoms with Crippen molar-refractivity contribution in [2.45, 2.75) is 26.3 Å².